The van der Waals surface area contributed by atoms with E-state index in [9.17, 15) is 9.59 Å². The molecule has 5 heteroatoms. The van der Waals surface area contributed by atoms with E-state index in [4.69, 9.17) is 0 Å². The van der Waals surface area contributed by atoms with Crippen LogP contribution in [0.25, 0.3) is 0 Å². The Morgan fingerprint density at radius 3 is 2.39 bits per heavy atom. The molecule has 0 unspecified atom stereocenters. The maximum Gasteiger partial charge on any atom is 0.251 e. The van der Waals surface area contributed by atoms with Crippen LogP contribution >= 0.6 is 12.6 Å². The summed E-state index contributed by atoms with van der Waals surface area (Å²) in [7, 11) is 0. The highest BCUT2D eigenvalue weighted by atomic mass is 32.1. The number of amides is 2. The van der Waals surface area contributed by atoms with E-state index < -0.39 is 0 Å². The summed E-state index contributed by atoms with van der Waals surface area (Å²) in [6, 6.07) is 6.89. The molecule has 1 aromatic rings. The van der Waals surface area contributed by atoms with Crippen molar-refractivity contribution in [3.63, 3.8) is 0 Å². The molecule has 1 aliphatic heterocycles. The zero-order valence-corrected chi connectivity index (χ0v) is 11.0. The molecular weight excluding hydrogens is 248 g/mol. The first-order chi connectivity index (χ1) is 8.66. The first-order valence-electron chi connectivity index (χ1n) is 6.02. The van der Waals surface area contributed by atoms with Crippen LogP contribution < -0.4 is 5.32 Å². The van der Waals surface area contributed by atoms with Crippen molar-refractivity contribution in [3.05, 3.63) is 29.8 Å². The predicted octanol–water partition coefficient (Wildman–Crippen LogP) is 1.33. The zero-order chi connectivity index (χ0) is 13.0. The topological polar surface area (TPSA) is 49.4 Å². The molecule has 0 radical (unpaired) electrons. The second-order valence-corrected chi connectivity index (χ2v) is 4.83. The molecule has 2 rings (SSSR count). The summed E-state index contributed by atoms with van der Waals surface area (Å²) in [6.07, 6.45) is 2.12. The van der Waals surface area contributed by atoms with Gasteiger partial charge in [0.1, 0.15) is 0 Å². The summed E-state index contributed by atoms with van der Waals surface area (Å²) >= 11 is 4.15. The fourth-order valence-electron chi connectivity index (χ4n) is 1.95. The van der Waals surface area contributed by atoms with E-state index in [1.807, 2.05) is 0 Å². The highest BCUT2D eigenvalue weighted by Gasteiger charge is 2.18. The molecule has 0 saturated carbocycles. The van der Waals surface area contributed by atoms with Crippen molar-refractivity contribution in [2.75, 3.05) is 19.6 Å². The van der Waals surface area contributed by atoms with Gasteiger partial charge in [-0.25, -0.2) is 0 Å². The molecule has 18 heavy (non-hydrogen) atoms. The summed E-state index contributed by atoms with van der Waals surface area (Å²) in [5, 5.41) is 2.64. The van der Waals surface area contributed by atoms with Gasteiger partial charge >= 0.3 is 0 Å². The minimum Gasteiger partial charge on any atom is -0.343 e. The van der Waals surface area contributed by atoms with E-state index in [0.29, 0.717) is 5.56 Å². The molecular formula is C13H16N2O2S. The average Bonchev–Trinajstić information content (AvgIpc) is 2.90. The summed E-state index contributed by atoms with van der Waals surface area (Å²) < 4.78 is 0. The largest absolute Gasteiger partial charge is 0.343 e. The molecule has 2 amide bonds. The molecule has 1 saturated heterocycles. The van der Waals surface area contributed by atoms with Crippen molar-refractivity contribution in [2.24, 2.45) is 0 Å². The standard InChI is InChI=1S/C13H16N2O2S/c16-12(15-7-1-2-8-15)9-14-13(17)10-3-5-11(18)6-4-10/h3-6,18H,1-2,7-9H2,(H,14,17). The third-order valence-corrected chi connectivity index (χ3v) is 3.29. The van der Waals surface area contributed by atoms with E-state index in [2.05, 4.69) is 17.9 Å². The Bertz CT molecular complexity index is 439. The Hall–Kier alpha value is -1.49. The number of benzene rings is 1. The summed E-state index contributed by atoms with van der Waals surface area (Å²) in [4.78, 5) is 26.1. The number of carbonyl (C=O) groups is 2. The Morgan fingerprint density at radius 2 is 1.78 bits per heavy atom. The number of likely N-dealkylation sites (tertiary alicyclic amines) is 1. The second kappa shape index (κ2) is 5.91. The van der Waals surface area contributed by atoms with Crippen molar-refractivity contribution in [2.45, 2.75) is 17.7 Å². The van der Waals surface area contributed by atoms with E-state index >= 15 is 0 Å². The third kappa shape index (κ3) is 3.26. The van der Waals surface area contributed by atoms with Crippen molar-refractivity contribution >= 4 is 24.4 Å². The van der Waals surface area contributed by atoms with Crippen LogP contribution in [0.3, 0.4) is 0 Å². The first-order valence-corrected chi connectivity index (χ1v) is 6.46. The van der Waals surface area contributed by atoms with Gasteiger partial charge in [-0.15, -0.1) is 12.6 Å². The molecule has 0 aliphatic carbocycles. The van der Waals surface area contributed by atoms with E-state index in [1.54, 1.807) is 29.2 Å². The predicted molar refractivity (Wildman–Crippen MR) is 71.8 cm³/mol. The molecule has 1 heterocycles. The van der Waals surface area contributed by atoms with Crippen LogP contribution in [0.4, 0.5) is 0 Å². The van der Waals surface area contributed by atoms with Gasteiger partial charge in [0.15, 0.2) is 0 Å². The number of nitrogens with zero attached hydrogens (tertiary/aromatic N) is 1. The Balaban J connectivity index is 1.84. The van der Waals surface area contributed by atoms with E-state index in [-0.39, 0.29) is 18.4 Å². The van der Waals surface area contributed by atoms with Gasteiger partial charge in [-0.1, -0.05) is 0 Å². The minimum atomic E-state index is -0.226. The molecule has 0 spiro atoms. The third-order valence-electron chi connectivity index (χ3n) is 2.99. The van der Waals surface area contributed by atoms with Crippen LogP contribution in [0.5, 0.6) is 0 Å². The quantitative estimate of drug-likeness (QED) is 0.809. The number of hydrogen-bond acceptors (Lipinski definition) is 3. The molecule has 1 aromatic carbocycles. The molecule has 0 aromatic heterocycles. The molecule has 96 valence electrons. The van der Waals surface area contributed by atoms with Crippen LogP contribution in [-0.2, 0) is 4.79 Å². The van der Waals surface area contributed by atoms with Crippen molar-refractivity contribution < 1.29 is 9.59 Å². The van der Waals surface area contributed by atoms with Gasteiger partial charge < -0.3 is 10.2 Å². The van der Waals surface area contributed by atoms with Crippen LogP contribution in [0.15, 0.2) is 29.2 Å². The number of thiol groups is 1. The van der Waals surface area contributed by atoms with Gasteiger partial charge in [-0.2, -0.15) is 0 Å². The number of rotatable bonds is 3. The molecule has 1 fully saturated rings. The average molecular weight is 264 g/mol. The summed E-state index contributed by atoms with van der Waals surface area (Å²) in [5.41, 5.74) is 0.544. The Morgan fingerprint density at radius 1 is 1.17 bits per heavy atom. The number of carbonyl (C=O) groups excluding carboxylic acids is 2. The molecule has 1 aliphatic rings. The lowest BCUT2D eigenvalue weighted by molar-refractivity contribution is -0.129. The smallest absolute Gasteiger partial charge is 0.251 e. The van der Waals surface area contributed by atoms with Crippen LogP contribution in [0.2, 0.25) is 0 Å². The zero-order valence-electron chi connectivity index (χ0n) is 10.1. The number of hydrogen-bond donors (Lipinski definition) is 2. The van der Waals surface area contributed by atoms with Crippen molar-refractivity contribution in [1.82, 2.24) is 10.2 Å². The van der Waals surface area contributed by atoms with Crippen LogP contribution in [0.1, 0.15) is 23.2 Å². The van der Waals surface area contributed by atoms with Gasteiger partial charge in [-0.05, 0) is 37.1 Å². The molecule has 0 atom stereocenters. The van der Waals surface area contributed by atoms with Crippen molar-refractivity contribution in [3.8, 4) is 0 Å². The fraction of sp³-hybridized carbons (Fsp3) is 0.385. The number of nitrogens with one attached hydrogen (secondary N) is 1. The molecule has 1 N–H and O–H groups in total. The maximum absolute atomic E-state index is 11.8. The first kappa shape index (κ1) is 13.0. The van der Waals surface area contributed by atoms with E-state index in [0.717, 1.165) is 30.8 Å². The Kier molecular flexibility index (Phi) is 4.25. The van der Waals surface area contributed by atoms with Gasteiger partial charge in [0.05, 0.1) is 6.54 Å². The normalized spacial score (nSPS) is 14.6. The lowest BCUT2D eigenvalue weighted by Gasteiger charge is -2.15. The highest BCUT2D eigenvalue weighted by Crippen LogP contribution is 2.08. The Labute approximate surface area is 112 Å². The minimum absolute atomic E-state index is 0.00772. The second-order valence-electron chi connectivity index (χ2n) is 4.32. The maximum atomic E-state index is 11.8. The summed E-state index contributed by atoms with van der Waals surface area (Å²) in [5.74, 6) is -0.234. The van der Waals surface area contributed by atoms with Gasteiger partial charge in [0.25, 0.3) is 5.91 Å². The monoisotopic (exact) mass is 264 g/mol. The van der Waals surface area contributed by atoms with Crippen LogP contribution in [-0.4, -0.2) is 36.3 Å². The van der Waals surface area contributed by atoms with Gasteiger partial charge in [-0.3, -0.25) is 9.59 Å². The molecule has 0 bridgehead atoms. The van der Waals surface area contributed by atoms with Crippen molar-refractivity contribution in [1.29, 1.82) is 0 Å². The molecule has 4 nitrogen and oxygen atoms in total. The lowest BCUT2D eigenvalue weighted by atomic mass is 10.2. The van der Waals surface area contributed by atoms with Gasteiger partial charge in [0.2, 0.25) is 5.91 Å². The van der Waals surface area contributed by atoms with Crippen LogP contribution in [0, 0.1) is 0 Å². The fourth-order valence-corrected chi connectivity index (χ4v) is 2.10. The van der Waals surface area contributed by atoms with Gasteiger partial charge in [0, 0.05) is 23.5 Å². The SMILES string of the molecule is O=C(NCC(=O)N1CCCC1)c1ccc(S)cc1. The van der Waals surface area contributed by atoms with E-state index in [1.165, 1.54) is 0 Å². The highest BCUT2D eigenvalue weighted by molar-refractivity contribution is 7.80. The lowest BCUT2D eigenvalue weighted by Crippen LogP contribution is -2.38. The summed E-state index contributed by atoms with van der Waals surface area (Å²) in [6.45, 7) is 1.69.